The van der Waals surface area contributed by atoms with Crippen molar-refractivity contribution in [3.63, 3.8) is 0 Å². The van der Waals surface area contributed by atoms with Crippen molar-refractivity contribution in [2.45, 2.75) is 26.2 Å². The average Bonchev–Trinajstić information content (AvgIpc) is 2.91. The zero-order valence-corrected chi connectivity index (χ0v) is 11.6. The molecule has 19 heavy (non-hydrogen) atoms. The summed E-state index contributed by atoms with van der Waals surface area (Å²) in [7, 11) is 0. The molecule has 0 radical (unpaired) electrons. The molecular weight excluding hydrogens is 260 g/mol. The minimum absolute atomic E-state index is 0.0287. The van der Waals surface area contributed by atoms with Gasteiger partial charge < -0.3 is 9.73 Å². The fourth-order valence-corrected chi connectivity index (χ4v) is 2.54. The number of nitrogens with one attached hydrogen (secondary N) is 1. The number of hydrogen-bond acceptors (Lipinski definition) is 4. The normalized spacial score (nSPS) is 14.6. The van der Waals surface area contributed by atoms with Crippen molar-refractivity contribution in [3.05, 3.63) is 29.0 Å². The Hall–Kier alpha value is -1.62. The molecule has 2 aromatic heterocycles. The lowest BCUT2D eigenvalue weighted by atomic mass is 10.2. The van der Waals surface area contributed by atoms with Crippen molar-refractivity contribution in [2.24, 2.45) is 5.92 Å². The number of amides is 1. The van der Waals surface area contributed by atoms with Crippen LogP contribution in [0.1, 0.15) is 24.3 Å². The van der Waals surface area contributed by atoms with Crippen LogP contribution in [0.15, 0.2) is 21.9 Å². The molecule has 0 saturated heterocycles. The molecule has 0 bridgehead atoms. The molecule has 1 amide bonds. The van der Waals surface area contributed by atoms with Gasteiger partial charge in [-0.15, -0.1) is 11.3 Å². The molecule has 2 heterocycles. The van der Waals surface area contributed by atoms with Crippen LogP contribution >= 0.6 is 11.3 Å². The number of rotatable bonds is 5. The Labute approximate surface area is 115 Å². The van der Waals surface area contributed by atoms with Crippen molar-refractivity contribution >= 4 is 17.2 Å². The van der Waals surface area contributed by atoms with Crippen molar-refractivity contribution in [2.75, 3.05) is 6.54 Å². The van der Waals surface area contributed by atoms with Gasteiger partial charge in [0.1, 0.15) is 5.76 Å². The number of carbonyl (C=O) groups is 1. The molecular formula is C14H16N2O2S. The first-order valence-electron chi connectivity index (χ1n) is 6.49. The van der Waals surface area contributed by atoms with Crippen molar-refractivity contribution in [3.8, 4) is 10.8 Å². The molecule has 4 nitrogen and oxygen atoms in total. The number of nitrogens with zero attached hydrogens (tertiary/aromatic N) is 1. The predicted octanol–water partition coefficient (Wildman–Crippen LogP) is 2.78. The Morgan fingerprint density at radius 2 is 2.42 bits per heavy atom. The standard InChI is InChI=1S/C14H16N2O2S/c1-9-11(7-13(17)15-8-10-4-5-10)16-14(18-9)12-3-2-6-19-12/h2-3,6,10H,4-5,7-8H2,1H3,(H,15,17). The van der Waals surface area contributed by atoms with E-state index in [9.17, 15) is 4.79 Å². The fraction of sp³-hybridized carbons (Fsp3) is 0.429. The highest BCUT2D eigenvalue weighted by molar-refractivity contribution is 7.13. The third-order valence-corrected chi connectivity index (χ3v) is 4.10. The SMILES string of the molecule is Cc1oc(-c2cccs2)nc1CC(=O)NCC1CC1. The predicted molar refractivity (Wildman–Crippen MR) is 74.0 cm³/mol. The summed E-state index contributed by atoms with van der Waals surface area (Å²) < 4.78 is 5.62. The van der Waals surface area contributed by atoms with Crippen LogP contribution < -0.4 is 5.32 Å². The summed E-state index contributed by atoms with van der Waals surface area (Å²) in [5, 5.41) is 4.93. The molecule has 1 aliphatic rings. The van der Waals surface area contributed by atoms with Gasteiger partial charge in [-0.1, -0.05) is 6.07 Å². The van der Waals surface area contributed by atoms with Gasteiger partial charge in [-0.3, -0.25) is 4.79 Å². The molecule has 100 valence electrons. The molecule has 1 fully saturated rings. The van der Waals surface area contributed by atoms with E-state index >= 15 is 0 Å². The maximum atomic E-state index is 11.8. The second kappa shape index (κ2) is 5.17. The Bertz CT molecular complexity index is 570. The van der Waals surface area contributed by atoms with Gasteiger partial charge in [0, 0.05) is 6.54 Å². The summed E-state index contributed by atoms with van der Waals surface area (Å²) in [4.78, 5) is 17.2. The minimum Gasteiger partial charge on any atom is -0.440 e. The molecule has 0 aromatic carbocycles. The molecule has 1 aliphatic carbocycles. The van der Waals surface area contributed by atoms with E-state index in [4.69, 9.17) is 4.42 Å². The van der Waals surface area contributed by atoms with Crippen LogP contribution in [0.25, 0.3) is 10.8 Å². The Morgan fingerprint density at radius 1 is 1.58 bits per heavy atom. The number of aromatic nitrogens is 1. The third-order valence-electron chi connectivity index (χ3n) is 3.24. The van der Waals surface area contributed by atoms with Gasteiger partial charge in [-0.2, -0.15) is 0 Å². The van der Waals surface area contributed by atoms with E-state index in [1.54, 1.807) is 11.3 Å². The number of aryl methyl sites for hydroxylation is 1. The average molecular weight is 276 g/mol. The van der Waals surface area contributed by atoms with Crippen LogP contribution in [0.5, 0.6) is 0 Å². The molecule has 0 atom stereocenters. The Balaban J connectivity index is 1.65. The first-order valence-corrected chi connectivity index (χ1v) is 7.37. The summed E-state index contributed by atoms with van der Waals surface area (Å²) >= 11 is 1.58. The minimum atomic E-state index is 0.0287. The zero-order valence-electron chi connectivity index (χ0n) is 10.8. The van der Waals surface area contributed by atoms with Crippen molar-refractivity contribution in [1.82, 2.24) is 10.3 Å². The van der Waals surface area contributed by atoms with Crippen molar-refractivity contribution < 1.29 is 9.21 Å². The van der Waals surface area contributed by atoms with Crippen LogP contribution in [0.3, 0.4) is 0 Å². The zero-order chi connectivity index (χ0) is 13.2. The highest BCUT2D eigenvalue weighted by atomic mass is 32.1. The third kappa shape index (κ3) is 3.04. The van der Waals surface area contributed by atoms with Crippen LogP contribution in [0.4, 0.5) is 0 Å². The Morgan fingerprint density at radius 3 is 3.11 bits per heavy atom. The van der Waals surface area contributed by atoms with Crippen molar-refractivity contribution in [1.29, 1.82) is 0 Å². The second-order valence-corrected chi connectivity index (χ2v) is 5.87. The lowest BCUT2D eigenvalue weighted by Gasteiger charge is -2.01. The maximum absolute atomic E-state index is 11.8. The molecule has 0 spiro atoms. The van der Waals surface area contributed by atoms with Gasteiger partial charge in [0.25, 0.3) is 0 Å². The molecule has 0 aliphatic heterocycles. The summed E-state index contributed by atoms with van der Waals surface area (Å²) in [6, 6.07) is 3.93. The van der Waals surface area contributed by atoms with E-state index in [1.165, 1.54) is 12.8 Å². The van der Waals surface area contributed by atoms with Crippen LogP contribution in [-0.2, 0) is 11.2 Å². The van der Waals surface area contributed by atoms with Gasteiger partial charge in [0.05, 0.1) is 17.0 Å². The van der Waals surface area contributed by atoms with Gasteiger partial charge in [-0.25, -0.2) is 4.98 Å². The molecule has 0 unspecified atom stereocenters. The first kappa shape index (κ1) is 12.4. The summed E-state index contributed by atoms with van der Waals surface area (Å²) in [6.07, 6.45) is 2.78. The number of carbonyl (C=O) groups excluding carboxylic acids is 1. The maximum Gasteiger partial charge on any atom is 0.236 e. The second-order valence-electron chi connectivity index (χ2n) is 4.92. The van der Waals surface area contributed by atoms with Crippen LogP contribution in [0.2, 0.25) is 0 Å². The summed E-state index contributed by atoms with van der Waals surface area (Å²) in [6.45, 7) is 2.65. The van der Waals surface area contributed by atoms with E-state index in [1.807, 2.05) is 24.4 Å². The number of hydrogen-bond donors (Lipinski definition) is 1. The van der Waals surface area contributed by atoms with E-state index in [2.05, 4.69) is 10.3 Å². The van der Waals surface area contributed by atoms with E-state index in [0.29, 0.717) is 18.2 Å². The largest absolute Gasteiger partial charge is 0.440 e. The lowest BCUT2D eigenvalue weighted by Crippen LogP contribution is -2.27. The highest BCUT2D eigenvalue weighted by Crippen LogP contribution is 2.28. The fourth-order valence-electron chi connectivity index (χ4n) is 1.89. The molecule has 1 saturated carbocycles. The van der Waals surface area contributed by atoms with E-state index in [-0.39, 0.29) is 5.91 Å². The number of oxazole rings is 1. The van der Waals surface area contributed by atoms with E-state index in [0.717, 1.165) is 22.9 Å². The van der Waals surface area contributed by atoms with Crippen LogP contribution in [0, 0.1) is 12.8 Å². The molecule has 2 aromatic rings. The lowest BCUT2D eigenvalue weighted by molar-refractivity contribution is -0.120. The van der Waals surface area contributed by atoms with Crippen LogP contribution in [-0.4, -0.2) is 17.4 Å². The topological polar surface area (TPSA) is 55.1 Å². The van der Waals surface area contributed by atoms with Gasteiger partial charge in [0.15, 0.2) is 0 Å². The number of thiophene rings is 1. The van der Waals surface area contributed by atoms with Gasteiger partial charge >= 0.3 is 0 Å². The first-order chi connectivity index (χ1) is 9.22. The Kier molecular flexibility index (Phi) is 3.38. The van der Waals surface area contributed by atoms with E-state index < -0.39 is 0 Å². The molecule has 5 heteroatoms. The summed E-state index contributed by atoms with van der Waals surface area (Å²) in [5.74, 6) is 2.06. The summed E-state index contributed by atoms with van der Waals surface area (Å²) in [5.41, 5.74) is 0.733. The monoisotopic (exact) mass is 276 g/mol. The highest BCUT2D eigenvalue weighted by Gasteiger charge is 2.22. The molecule has 3 rings (SSSR count). The van der Waals surface area contributed by atoms with Gasteiger partial charge in [0.2, 0.25) is 11.8 Å². The molecule has 1 N–H and O–H groups in total. The quantitative estimate of drug-likeness (QED) is 0.913. The smallest absolute Gasteiger partial charge is 0.236 e. The van der Waals surface area contributed by atoms with Gasteiger partial charge in [-0.05, 0) is 37.1 Å².